The minimum atomic E-state index is 0. The maximum Gasteiger partial charge on any atom is 3.00 e. The summed E-state index contributed by atoms with van der Waals surface area (Å²) in [4.78, 5) is 2.64. The first kappa shape index (κ1) is 12.7. The molecule has 0 amide bonds. The zero-order valence-corrected chi connectivity index (χ0v) is 13.0. The van der Waals surface area contributed by atoms with E-state index >= 15 is 0 Å². The molecule has 1 saturated carbocycles. The third kappa shape index (κ3) is 2.28. The van der Waals surface area contributed by atoms with Crippen LogP contribution in [0.2, 0.25) is 0 Å². The van der Waals surface area contributed by atoms with Gasteiger partial charge in [-0.2, -0.15) is 24.3 Å². The summed E-state index contributed by atoms with van der Waals surface area (Å²) in [7, 11) is 0. The molecule has 1 aliphatic heterocycles. The van der Waals surface area contributed by atoms with Crippen LogP contribution >= 0.6 is 0 Å². The summed E-state index contributed by atoms with van der Waals surface area (Å²) in [5.41, 5.74) is 3.22. The molecule has 1 aromatic carbocycles. The van der Waals surface area contributed by atoms with Gasteiger partial charge in [-0.1, -0.05) is 13.8 Å². The Labute approximate surface area is 123 Å². The van der Waals surface area contributed by atoms with Gasteiger partial charge in [0.05, 0.1) is 0 Å². The molecule has 3 rings (SSSR count). The van der Waals surface area contributed by atoms with Crippen molar-refractivity contribution >= 4 is 0 Å². The molecule has 2 aliphatic rings. The van der Waals surface area contributed by atoms with Gasteiger partial charge in [-0.3, -0.25) is 4.90 Å². The Morgan fingerprint density at radius 3 is 2.81 bits per heavy atom. The Hall–Kier alpha value is 0.284. The van der Waals surface area contributed by atoms with Gasteiger partial charge in [0, 0.05) is 12.6 Å². The van der Waals surface area contributed by atoms with Crippen LogP contribution in [0, 0.1) is 6.07 Å². The zero-order valence-electron chi connectivity index (χ0n) is 10.2. The van der Waals surface area contributed by atoms with Crippen molar-refractivity contribution in [2.24, 2.45) is 0 Å². The maximum atomic E-state index is 3.42. The molecule has 0 bridgehead atoms. The summed E-state index contributed by atoms with van der Waals surface area (Å²) < 4.78 is 0. The molecule has 2 heteroatoms. The van der Waals surface area contributed by atoms with E-state index in [0.29, 0.717) is 5.41 Å². The number of nitrogens with zero attached hydrogens (tertiary/aromatic N) is 1. The number of hydrogen-bond donors (Lipinski definition) is 0. The van der Waals surface area contributed by atoms with E-state index < -0.39 is 0 Å². The van der Waals surface area contributed by atoms with Crippen molar-refractivity contribution in [2.75, 3.05) is 6.54 Å². The molecular weight excluding hydrogens is 271 g/mol. The Morgan fingerprint density at radius 1 is 1.38 bits per heavy atom. The predicted octanol–water partition coefficient (Wildman–Crippen LogP) is 2.74. The molecule has 0 spiro atoms. The molecule has 1 fully saturated rings. The fourth-order valence-corrected chi connectivity index (χ4v) is 2.79. The monoisotopic (exact) mass is 289 g/mol. The first-order valence-electron chi connectivity index (χ1n) is 5.91. The van der Waals surface area contributed by atoms with Crippen LogP contribution in [-0.4, -0.2) is 17.5 Å². The van der Waals surface area contributed by atoms with Crippen molar-refractivity contribution in [3.63, 3.8) is 0 Å². The van der Waals surface area contributed by atoms with Crippen molar-refractivity contribution in [3.05, 3.63) is 35.4 Å². The van der Waals surface area contributed by atoms with Crippen LogP contribution in [-0.2, 0) is 44.7 Å². The summed E-state index contributed by atoms with van der Waals surface area (Å²) in [6.45, 7) is 7.04. The van der Waals surface area contributed by atoms with Gasteiger partial charge in [-0.25, -0.2) is 0 Å². The normalized spacial score (nSPS) is 23.4. The number of rotatable bonds is 1. The SMILES string of the molecule is CC1(C)CN(C2CC2)Cc2[c-]cccc21.[Y+3]. The quantitative estimate of drug-likeness (QED) is 0.719. The summed E-state index contributed by atoms with van der Waals surface area (Å²) in [6, 6.07) is 10.7. The minimum absolute atomic E-state index is 0. The standard InChI is InChI=1S/C14H18N.Y/c1-14(2)10-15(12-7-8-12)9-11-5-3-4-6-13(11)14;/h3-4,6,12H,7-10H2,1-2H3;/q-1;+3. The molecule has 16 heavy (non-hydrogen) atoms. The van der Waals surface area contributed by atoms with Crippen LogP contribution in [0.25, 0.3) is 0 Å². The molecule has 0 saturated heterocycles. The van der Waals surface area contributed by atoms with Crippen LogP contribution in [0.3, 0.4) is 0 Å². The molecule has 80 valence electrons. The smallest absolute Gasteiger partial charge is 0.298 e. The fraction of sp³-hybridized carbons (Fsp3) is 0.571. The maximum absolute atomic E-state index is 3.42. The fourth-order valence-electron chi connectivity index (χ4n) is 2.79. The molecule has 1 nitrogen and oxygen atoms in total. The molecule has 0 aromatic heterocycles. The van der Waals surface area contributed by atoms with Gasteiger partial charge < -0.3 is 0 Å². The van der Waals surface area contributed by atoms with E-state index in [-0.39, 0.29) is 32.7 Å². The number of hydrogen-bond acceptors (Lipinski definition) is 1. The van der Waals surface area contributed by atoms with Gasteiger partial charge in [0.1, 0.15) is 0 Å². The van der Waals surface area contributed by atoms with Crippen molar-refractivity contribution in [2.45, 2.75) is 44.7 Å². The van der Waals surface area contributed by atoms with E-state index in [2.05, 4.69) is 36.9 Å². The second kappa shape index (κ2) is 4.51. The second-order valence-electron chi connectivity index (χ2n) is 5.58. The first-order chi connectivity index (χ1) is 7.17. The largest absolute Gasteiger partial charge is 3.00 e. The molecule has 1 aliphatic carbocycles. The average molecular weight is 289 g/mol. The molecular formula is C14H18NY+2. The van der Waals surface area contributed by atoms with Gasteiger partial charge >= 0.3 is 32.7 Å². The third-order valence-corrected chi connectivity index (χ3v) is 3.69. The van der Waals surface area contributed by atoms with Crippen LogP contribution in [0.5, 0.6) is 0 Å². The van der Waals surface area contributed by atoms with Crippen LogP contribution in [0.1, 0.15) is 37.8 Å². The number of benzene rings is 1. The van der Waals surface area contributed by atoms with Gasteiger partial charge in [-0.05, 0) is 24.8 Å². The van der Waals surface area contributed by atoms with Crippen molar-refractivity contribution in [1.82, 2.24) is 4.90 Å². The predicted molar refractivity (Wildman–Crippen MR) is 61.7 cm³/mol. The molecule has 0 N–H and O–H groups in total. The van der Waals surface area contributed by atoms with Gasteiger partial charge in [0.25, 0.3) is 0 Å². The summed E-state index contributed by atoms with van der Waals surface area (Å²) in [6.07, 6.45) is 2.80. The van der Waals surface area contributed by atoms with Crippen molar-refractivity contribution in [3.8, 4) is 0 Å². The third-order valence-electron chi connectivity index (χ3n) is 3.69. The van der Waals surface area contributed by atoms with Crippen LogP contribution < -0.4 is 0 Å². The van der Waals surface area contributed by atoms with Crippen LogP contribution in [0.15, 0.2) is 18.2 Å². The Bertz CT molecular complexity index is 382. The molecule has 1 aromatic rings. The molecule has 0 atom stereocenters. The number of fused-ring (bicyclic) bond motifs is 1. The topological polar surface area (TPSA) is 3.24 Å². The van der Waals surface area contributed by atoms with E-state index in [9.17, 15) is 0 Å². The molecule has 1 heterocycles. The Kier molecular flexibility index (Phi) is 3.59. The van der Waals surface area contributed by atoms with E-state index in [1.54, 1.807) is 0 Å². The van der Waals surface area contributed by atoms with Crippen LogP contribution in [0.4, 0.5) is 0 Å². The van der Waals surface area contributed by atoms with E-state index in [4.69, 9.17) is 0 Å². The van der Waals surface area contributed by atoms with Gasteiger partial charge in [-0.15, -0.1) is 11.1 Å². The summed E-state index contributed by atoms with van der Waals surface area (Å²) >= 11 is 0. The van der Waals surface area contributed by atoms with Gasteiger partial charge in [0.2, 0.25) is 0 Å². The van der Waals surface area contributed by atoms with E-state index in [1.165, 1.54) is 30.5 Å². The van der Waals surface area contributed by atoms with Crippen molar-refractivity contribution in [1.29, 1.82) is 0 Å². The Balaban J connectivity index is 0.000000963. The first-order valence-corrected chi connectivity index (χ1v) is 5.91. The van der Waals surface area contributed by atoms with Crippen molar-refractivity contribution < 1.29 is 32.7 Å². The second-order valence-corrected chi connectivity index (χ2v) is 5.58. The van der Waals surface area contributed by atoms with E-state index in [1.807, 2.05) is 6.07 Å². The summed E-state index contributed by atoms with van der Waals surface area (Å²) in [5.74, 6) is 0. The zero-order chi connectivity index (χ0) is 10.5. The minimum Gasteiger partial charge on any atom is -0.298 e. The molecule has 0 radical (unpaired) electrons. The molecule has 0 unspecified atom stereocenters. The van der Waals surface area contributed by atoms with E-state index in [0.717, 1.165) is 12.6 Å². The average Bonchev–Trinajstić information content (AvgIpc) is 2.99. The van der Waals surface area contributed by atoms with Gasteiger partial charge in [0.15, 0.2) is 0 Å². The Morgan fingerprint density at radius 2 is 2.12 bits per heavy atom. The summed E-state index contributed by atoms with van der Waals surface area (Å²) in [5, 5.41) is 0.